The van der Waals surface area contributed by atoms with Crippen LogP contribution >= 0.6 is 22.7 Å². The molecule has 0 aliphatic heterocycles. The van der Waals surface area contributed by atoms with Crippen LogP contribution in [0.25, 0.3) is 10.2 Å². The van der Waals surface area contributed by atoms with Crippen LogP contribution in [-0.2, 0) is 0 Å². The molecule has 0 amide bonds. The Bertz CT molecular complexity index is 742. The highest BCUT2D eigenvalue weighted by atomic mass is 32.1. The maximum absolute atomic E-state index is 4.28. The first kappa shape index (κ1) is 12.3. The fourth-order valence-corrected chi connectivity index (χ4v) is 3.42. The van der Waals surface area contributed by atoms with Crippen molar-refractivity contribution in [2.45, 2.75) is 13.8 Å². The predicted octanol–water partition coefficient (Wildman–Crippen LogP) is 3.82. The number of anilines is 1. The lowest BCUT2D eigenvalue weighted by Crippen LogP contribution is -1.93. The van der Waals surface area contributed by atoms with Crippen molar-refractivity contribution in [3.63, 3.8) is 0 Å². The van der Waals surface area contributed by atoms with Crippen molar-refractivity contribution in [2.24, 2.45) is 5.10 Å². The lowest BCUT2D eigenvalue weighted by Gasteiger charge is -1.99. The molecule has 3 aromatic heterocycles. The van der Waals surface area contributed by atoms with Gasteiger partial charge in [-0.3, -0.25) is 5.43 Å². The molecule has 19 heavy (non-hydrogen) atoms. The highest BCUT2D eigenvalue weighted by Gasteiger charge is 2.06. The summed E-state index contributed by atoms with van der Waals surface area (Å²) in [7, 11) is 0. The zero-order valence-electron chi connectivity index (χ0n) is 10.5. The molecule has 1 N–H and O–H groups in total. The molecule has 0 spiro atoms. The molecule has 3 rings (SSSR count). The molecule has 3 aromatic rings. The second-order valence-corrected chi connectivity index (χ2v) is 6.34. The van der Waals surface area contributed by atoms with Gasteiger partial charge in [0.05, 0.1) is 16.4 Å². The van der Waals surface area contributed by atoms with Gasteiger partial charge in [-0.2, -0.15) is 5.10 Å². The standard InChI is InChI=1S/C13H12N4S2/c1-8-6-18-12-11(8)14-7-15-13(12)17-16-5-10-4-3-9(2)19-10/h3-7H,1-2H3,(H,14,15,17). The van der Waals surface area contributed by atoms with Gasteiger partial charge in [0, 0.05) is 9.75 Å². The van der Waals surface area contributed by atoms with Gasteiger partial charge in [-0.1, -0.05) is 0 Å². The number of thiophene rings is 2. The van der Waals surface area contributed by atoms with E-state index in [4.69, 9.17) is 0 Å². The first-order valence-electron chi connectivity index (χ1n) is 5.78. The fraction of sp³-hybridized carbons (Fsp3) is 0.154. The van der Waals surface area contributed by atoms with Gasteiger partial charge in [-0.25, -0.2) is 9.97 Å². The van der Waals surface area contributed by atoms with Gasteiger partial charge in [0.2, 0.25) is 0 Å². The Labute approximate surface area is 118 Å². The number of aryl methyl sites for hydroxylation is 2. The van der Waals surface area contributed by atoms with Gasteiger partial charge >= 0.3 is 0 Å². The van der Waals surface area contributed by atoms with Crippen LogP contribution in [0.2, 0.25) is 0 Å². The minimum Gasteiger partial charge on any atom is -0.260 e. The van der Waals surface area contributed by atoms with Gasteiger partial charge in [0.15, 0.2) is 5.82 Å². The van der Waals surface area contributed by atoms with E-state index < -0.39 is 0 Å². The predicted molar refractivity (Wildman–Crippen MR) is 82.4 cm³/mol. The molecule has 0 aliphatic carbocycles. The Hall–Kier alpha value is -1.79. The monoisotopic (exact) mass is 288 g/mol. The summed E-state index contributed by atoms with van der Waals surface area (Å²) in [6, 6.07) is 4.13. The molecule has 0 aromatic carbocycles. The van der Waals surface area contributed by atoms with E-state index >= 15 is 0 Å². The van der Waals surface area contributed by atoms with Crippen molar-refractivity contribution in [3.8, 4) is 0 Å². The fourth-order valence-electron chi connectivity index (χ4n) is 1.73. The van der Waals surface area contributed by atoms with Gasteiger partial charge < -0.3 is 0 Å². The molecule has 0 aliphatic rings. The van der Waals surface area contributed by atoms with Crippen LogP contribution in [0.1, 0.15) is 15.3 Å². The number of nitrogens with one attached hydrogen (secondary N) is 1. The van der Waals surface area contributed by atoms with Crippen LogP contribution in [0.3, 0.4) is 0 Å². The minimum absolute atomic E-state index is 0.757. The molecule has 0 saturated heterocycles. The first-order chi connectivity index (χ1) is 9.24. The summed E-state index contributed by atoms with van der Waals surface area (Å²) in [6.07, 6.45) is 3.38. The Morgan fingerprint density at radius 3 is 2.95 bits per heavy atom. The molecule has 6 heteroatoms. The second kappa shape index (κ2) is 5.07. The molecular formula is C13H12N4S2. The lowest BCUT2D eigenvalue weighted by atomic mass is 10.3. The van der Waals surface area contributed by atoms with E-state index in [0.717, 1.165) is 20.9 Å². The van der Waals surface area contributed by atoms with E-state index in [0.29, 0.717) is 0 Å². The van der Waals surface area contributed by atoms with E-state index in [-0.39, 0.29) is 0 Å². The molecule has 0 unspecified atom stereocenters. The molecule has 0 saturated carbocycles. The highest BCUT2D eigenvalue weighted by molar-refractivity contribution is 7.18. The summed E-state index contributed by atoms with van der Waals surface area (Å²) in [5.74, 6) is 0.757. The van der Waals surface area contributed by atoms with Crippen molar-refractivity contribution < 1.29 is 0 Å². The number of hydrogen-bond acceptors (Lipinski definition) is 6. The Kier molecular flexibility index (Phi) is 3.27. The smallest absolute Gasteiger partial charge is 0.167 e. The molecule has 0 fully saturated rings. The van der Waals surface area contributed by atoms with Crippen LogP contribution in [0, 0.1) is 13.8 Å². The van der Waals surface area contributed by atoms with Crippen LogP contribution in [-0.4, -0.2) is 16.2 Å². The highest BCUT2D eigenvalue weighted by Crippen LogP contribution is 2.28. The topological polar surface area (TPSA) is 50.2 Å². The van der Waals surface area contributed by atoms with Crippen molar-refractivity contribution in [1.82, 2.24) is 9.97 Å². The van der Waals surface area contributed by atoms with Gasteiger partial charge in [0.25, 0.3) is 0 Å². The molecule has 96 valence electrons. The van der Waals surface area contributed by atoms with E-state index in [1.807, 2.05) is 13.1 Å². The normalized spacial score (nSPS) is 11.5. The second-order valence-electron chi connectivity index (χ2n) is 4.14. The Morgan fingerprint density at radius 2 is 2.16 bits per heavy atom. The zero-order valence-corrected chi connectivity index (χ0v) is 12.2. The molecule has 0 radical (unpaired) electrons. The number of rotatable bonds is 3. The molecule has 0 atom stereocenters. The number of aromatic nitrogens is 2. The van der Waals surface area contributed by atoms with E-state index in [1.54, 1.807) is 29.0 Å². The van der Waals surface area contributed by atoms with E-state index in [1.165, 1.54) is 10.4 Å². The summed E-state index contributed by atoms with van der Waals surface area (Å²) in [5, 5.41) is 6.32. The maximum atomic E-state index is 4.28. The quantitative estimate of drug-likeness (QED) is 0.589. The maximum Gasteiger partial charge on any atom is 0.167 e. The average molecular weight is 288 g/mol. The summed E-state index contributed by atoms with van der Waals surface area (Å²) in [4.78, 5) is 10.9. The van der Waals surface area contributed by atoms with E-state index in [2.05, 4.69) is 44.9 Å². The molecule has 3 heterocycles. The third kappa shape index (κ3) is 2.50. The first-order valence-corrected chi connectivity index (χ1v) is 7.48. The number of fused-ring (bicyclic) bond motifs is 1. The molecule has 4 nitrogen and oxygen atoms in total. The summed E-state index contributed by atoms with van der Waals surface area (Å²) in [5.41, 5.74) is 5.15. The lowest BCUT2D eigenvalue weighted by molar-refractivity contribution is 1.18. The van der Waals surface area contributed by atoms with Crippen molar-refractivity contribution >= 4 is 44.9 Å². The average Bonchev–Trinajstić information content (AvgIpc) is 2.98. The van der Waals surface area contributed by atoms with Gasteiger partial charge in [0.1, 0.15) is 6.33 Å². The third-order valence-electron chi connectivity index (χ3n) is 2.65. The van der Waals surface area contributed by atoms with Crippen molar-refractivity contribution in [3.05, 3.63) is 39.2 Å². The number of hydrazone groups is 1. The van der Waals surface area contributed by atoms with Crippen LogP contribution < -0.4 is 5.43 Å². The summed E-state index contributed by atoms with van der Waals surface area (Å²) >= 11 is 3.34. The zero-order chi connectivity index (χ0) is 13.2. The van der Waals surface area contributed by atoms with Crippen LogP contribution in [0.4, 0.5) is 5.82 Å². The van der Waals surface area contributed by atoms with Gasteiger partial charge in [-0.15, -0.1) is 22.7 Å². The van der Waals surface area contributed by atoms with Crippen LogP contribution in [0.15, 0.2) is 28.9 Å². The van der Waals surface area contributed by atoms with E-state index in [9.17, 15) is 0 Å². The van der Waals surface area contributed by atoms with Crippen LogP contribution in [0.5, 0.6) is 0 Å². The third-order valence-corrected chi connectivity index (χ3v) is 4.68. The number of hydrogen-bond donors (Lipinski definition) is 1. The number of nitrogens with zero attached hydrogens (tertiary/aromatic N) is 3. The summed E-state index contributed by atoms with van der Waals surface area (Å²) in [6.45, 7) is 4.13. The Morgan fingerprint density at radius 1 is 1.26 bits per heavy atom. The molecule has 0 bridgehead atoms. The minimum atomic E-state index is 0.757. The van der Waals surface area contributed by atoms with Gasteiger partial charge in [-0.05, 0) is 36.9 Å². The Balaban J connectivity index is 1.84. The largest absolute Gasteiger partial charge is 0.260 e. The SMILES string of the molecule is Cc1ccc(C=NNc2ncnc3c(C)csc23)s1. The van der Waals surface area contributed by atoms with Crippen molar-refractivity contribution in [2.75, 3.05) is 5.43 Å². The van der Waals surface area contributed by atoms with Crippen molar-refractivity contribution in [1.29, 1.82) is 0 Å². The summed E-state index contributed by atoms with van der Waals surface area (Å²) < 4.78 is 1.04. The molecular weight excluding hydrogens is 276 g/mol.